The number of halogens is 3. The lowest BCUT2D eigenvalue weighted by molar-refractivity contribution is 0.0661. The SMILES string of the molecule is O=C(O)c1occc1CNc1cc(F)cc(F)c1F. The lowest BCUT2D eigenvalue weighted by atomic mass is 10.2. The molecule has 100 valence electrons. The number of carbonyl (C=O) groups is 1. The molecule has 1 aromatic carbocycles. The van der Waals surface area contributed by atoms with Gasteiger partial charge in [-0.3, -0.25) is 0 Å². The van der Waals surface area contributed by atoms with Crippen LogP contribution in [0.2, 0.25) is 0 Å². The zero-order chi connectivity index (χ0) is 14.0. The molecule has 4 nitrogen and oxygen atoms in total. The van der Waals surface area contributed by atoms with E-state index in [1.165, 1.54) is 6.07 Å². The number of carboxylic acids is 1. The van der Waals surface area contributed by atoms with E-state index in [1.54, 1.807) is 0 Å². The van der Waals surface area contributed by atoms with Crippen LogP contribution in [0.3, 0.4) is 0 Å². The highest BCUT2D eigenvalue weighted by Crippen LogP contribution is 2.20. The highest BCUT2D eigenvalue weighted by atomic mass is 19.2. The fraction of sp³-hybridized carbons (Fsp3) is 0.0833. The molecule has 7 heteroatoms. The molecule has 0 aliphatic rings. The maximum Gasteiger partial charge on any atom is 0.372 e. The van der Waals surface area contributed by atoms with Gasteiger partial charge in [0.25, 0.3) is 0 Å². The Morgan fingerprint density at radius 2 is 2.05 bits per heavy atom. The van der Waals surface area contributed by atoms with E-state index in [0.29, 0.717) is 6.07 Å². The van der Waals surface area contributed by atoms with Gasteiger partial charge in [-0.15, -0.1) is 0 Å². The number of rotatable bonds is 4. The van der Waals surface area contributed by atoms with Crippen molar-refractivity contribution in [1.82, 2.24) is 0 Å². The highest BCUT2D eigenvalue weighted by molar-refractivity contribution is 5.86. The minimum absolute atomic E-state index is 0.141. The van der Waals surface area contributed by atoms with Crippen LogP contribution in [0.25, 0.3) is 0 Å². The number of hydrogen-bond donors (Lipinski definition) is 2. The van der Waals surface area contributed by atoms with Crippen LogP contribution in [0.1, 0.15) is 16.1 Å². The average Bonchev–Trinajstić information content (AvgIpc) is 2.80. The van der Waals surface area contributed by atoms with Gasteiger partial charge in [-0.2, -0.15) is 0 Å². The minimum atomic E-state index is -1.33. The lowest BCUT2D eigenvalue weighted by Crippen LogP contribution is -2.06. The molecule has 0 saturated carbocycles. The van der Waals surface area contributed by atoms with Crippen LogP contribution < -0.4 is 5.32 Å². The summed E-state index contributed by atoms with van der Waals surface area (Å²) >= 11 is 0. The van der Waals surface area contributed by atoms with Crippen molar-refractivity contribution >= 4 is 11.7 Å². The summed E-state index contributed by atoms with van der Waals surface area (Å²) in [5.41, 5.74) is -0.161. The molecule has 0 bridgehead atoms. The number of carboxylic acid groups (broad SMARTS) is 1. The first-order chi connectivity index (χ1) is 8.99. The van der Waals surface area contributed by atoms with Crippen LogP contribution in [0.4, 0.5) is 18.9 Å². The third-order valence-electron chi connectivity index (χ3n) is 2.40. The van der Waals surface area contributed by atoms with Crippen LogP contribution in [-0.4, -0.2) is 11.1 Å². The fourth-order valence-corrected chi connectivity index (χ4v) is 1.54. The number of anilines is 1. The van der Waals surface area contributed by atoms with Crippen LogP contribution in [0, 0.1) is 17.5 Å². The van der Waals surface area contributed by atoms with Crippen molar-refractivity contribution in [2.24, 2.45) is 0 Å². The first-order valence-electron chi connectivity index (χ1n) is 5.17. The van der Waals surface area contributed by atoms with Crippen molar-refractivity contribution in [2.45, 2.75) is 6.54 Å². The van der Waals surface area contributed by atoms with Gasteiger partial charge in [0.15, 0.2) is 11.6 Å². The average molecular weight is 271 g/mol. The molecule has 0 saturated heterocycles. The van der Waals surface area contributed by atoms with E-state index in [0.717, 1.165) is 12.3 Å². The van der Waals surface area contributed by atoms with Crippen LogP contribution in [0.5, 0.6) is 0 Å². The molecule has 0 unspecified atom stereocenters. The second-order valence-corrected chi connectivity index (χ2v) is 3.68. The normalized spacial score (nSPS) is 10.5. The predicted molar refractivity (Wildman–Crippen MR) is 59.3 cm³/mol. The van der Waals surface area contributed by atoms with Crippen molar-refractivity contribution in [3.05, 3.63) is 53.2 Å². The maximum absolute atomic E-state index is 13.3. The van der Waals surface area contributed by atoms with Crippen LogP contribution in [0.15, 0.2) is 28.9 Å². The van der Waals surface area contributed by atoms with Gasteiger partial charge in [0.1, 0.15) is 5.82 Å². The number of hydrogen-bond acceptors (Lipinski definition) is 3. The minimum Gasteiger partial charge on any atom is -0.475 e. The van der Waals surface area contributed by atoms with Crippen molar-refractivity contribution in [3.63, 3.8) is 0 Å². The van der Waals surface area contributed by atoms with Crippen molar-refractivity contribution in [1.29, 1.82) is 0 Å². The third kappa shape index (κ3) is 2.70. The van der Waals surface area contributed by atoms with E-state index >= 15 is 0 Å². The topological polar surface area (TPSA) is 62.5 Å². The molecule has 2 rings (SSSR count). The summed E-state index contributed by atoms with van der Waals surface area (Å²) in [6, 6.07) is 2.56. The Labute approximate surface area is 105 Å². The van der Waals surface area contributed by atoms with E-state index in [2.05, 4.69) is 5.32 Å². The number of aromatic carboxylic acids is 1. The van der Waals surface area contributed by atoms with Crippen LogP contribution >= 0.6 is 0 Å². The zero-order valence-electron chi connectivity index (χ0n) is 9.41. The first-order valence-corrected chi connectivity index (χ1v) is 5.17. The second-order valence-electron chi connectivity index (χ2n) is 3.68. The Kier molecular flexibility index (Phi) is 3.46. The summed E-state index contributed by atoms with van der Waals surface area (Å²) < 4.78 is 43.9. The molecule has 0 fully saturated rings. The van der Waals surface area contributed by atoms with Gasteiger partial charge in [-0.25, -0.2) is 18.0 Å². The molecule has 2 N–H and O–H groups in total. The summed E-state index contributed by atoms with van der Waals surface area (Å²) in [6.07, 6.45) is 1.16. The molecule has 19 heavy (non-hydrogen) atoms. The Balaban J connectivity index is 2.19. The van der Waals surface area contributed by atoms with E-state index < -0.39 is 29.1 Å². The Morgan fingerprint density at radius 1 is 1.32 bits per heavy atom. The zero-order valence-corrected chi connectivity index (χ0v) is 9.41. The molecule has 0 aliphatic carbocycles. The van der Waals surface area contributed by atoms with Crippen molar-refractivity contribution in [3.8, 4) is 0 Å². The van der Waals surface area contributed by atoms with Crippen LogP contribution in [-0.2, 0) is 6.54 Å². The number of nitrogens with one attached hydrogen (secondary N) is 1. The summed E-state index contributed by atoms with van der Waals surface area (Å²) in [5, 5.41) is 11.2. The van der Waals surface area contributed by atoms with Gasteiger partial charge in [0, 0.05) is 24.2 Å². The Bertz CT molecular complexity index is 625. The van der Waals surface area contributed by atoms with Gasteiger partial charge in [-0.05, 0) is 6.07 Å². The Hall–Kier alpha value is -2.44. The largest absolute Gasteiger partial charge is 0.475 e. The maximum atomic E-state index is 13.3. The third-order valence-corrected chi connectivity index (χ3v) is 2.40. The van der Waals surface area contributed by atoms with Gasteiger partial charge in [0.05, 0.1) is 12.0 Å². The molecule has 0 amide bonds. The summed E-state index contributed by atoms with van der Waals surface area (Å²) in [6.45, 7) is -0.141. The Morgan fingerprint density at radius 3 is 2.74 bits per heavy atom. The summed E-state index contributed by atoms with van der Waals surface area (Å²) in [7, 11) is 0. The molecule has 0 aliphatic heterocycles. The highest BCUT2D eigenvalue weighted by Gasteiger charge is 2.15. The van der Waals surface area contributed by atoms with Gasteiger partial charge in [-0.1, -0.05) is 0 Å². The van der Waals surface area contributed by atoms with Gasteiger partial charge in [0.2, 0.25) is 5.76 Å². The fourth-order valence-electron chi connectivity index (χ4n) is 1.54. The lowest BCUT2D eigenvalue weighted by Gasteiger charge is -2.07. The van der Waals surface area contributed by atoms with E-state index in [-0.39, 0.29) is 17.9 Å². The molecule has 2 aromatic rings. The smallest absolute Gasteiger partial charge is 0.372 e. The number of furan rings is 1. The predicted octanol–water partition coefficient (Wildman–Crippen LogP) is 3.01. The van der Waals surface area contributed by atoms with E-state index in [9.17, 15) is 18.0 Å². The first kappa shape index (κ1) is 13.0. The van der Waals surface area contributed by atoms with Gasteiger partial charge < -0.3 is 14.8 Å². The van der Waals surface area contributed by atoms with Gasteiger partial charge >= 0.3 is 5.97 Å². The van der Waals surface area contributed by atoms with Crippen molar-refractivity contribution < 1.29 is 27.5 Å². The van der Waals surface area contributed by atoms with E-state index in [4.69, 9.17) is 9.52 Å². The molecular formula is C12H8F3NO3. The quantitative estimate of drug-likeness (QED) is 0.839. The molecule has 0 radical (unpaired) electrons. The summed E-state index contributed by atoms with van der Waals surface area (Å²) in [4.78, 5) is 10.8. The standard InChI is InChI=1S/C12H8F3NO3/c13-7-3-8(14)10(15)9(4-7)16-5-6-1-2-19-11(6)12(17)18/h1-4,16H,5H2,(H,17,18). The van der Waals surface area contributed by atoms with E-state index in [1.807, 2.05) is 0 Å². The monoisotopic (exact) mass is 271 g/mol. The second kappa shape index (κ2) is 5.05. The molecule has 0 atom stereocenters. The summed E-state index contributed by atoms with van der Waals surface area (Å²) in [5.74, 6) is -5.10. The molecule has 1 heterocycles. The molecule has 1 aromatic heterocycles. The number of benzene rings is 1. The molecular weight excluding hydrogens is 263 g/mol. The van der Waals surface area contributed by atoms with Crippen molar-refractivity contribution in [2.75, 3.05) is 5.32 Å². The molecule has 0 spiro atoms.